The summed E-state index contributed by atoms with van der Waals surface area (Å²) in [4.78, 5) is 46.8. The van der Waals surface area contributed by atoms with Gasteiger partial charge in [-0.05, 0) is 42.3 Å². The molecule has 4 atom stereocenters. The maximum atomic E-state index is 13.7. The van der Waals surface area contributed by atoms with Gasteiger partial charge < -0.3 is 26.4 Å². The van der Waals surface area contributed by atoms with E-state index in [-0.39, 0.29) is 43.1 Å². The Balaban J connectivity index is 1.72. The molecule has 10 heteroatoms. The fourth-order valence-corrected chi connectivity index (χ4v) is 5.55. The third kappa shape index (κ3) is 7.64. The zero-order valence-electron chi connectivity index (χ0n) is 24.1. The molecule has 39 heavy (non-hydrogen) atoms. The van der Waals surface area contributed by atoms with Crippen LogP contribution < -0.4 is 16.4 Å². The van der Waals surface area contributed by atoms with Crippen LogP contribution in [-0.4, -0.2) is 64.0 Å². The number of amides is 3. The van der Waals surface area contributed by atoms with Gasteiger partial charge in [-0.1, -0.05) is 58.9 Å². The molecule has 1 aliphatic heterocycles. The maximum Gasteiger partial charge on any atom is 0.246 e. The number of aromatic nitrogens is 1. The molecule has 3 rings (SSSR count). The van der Waals surface area contributed by atoms with Crippen LogP contribution in [-0.2, 0) is 14.4 Å². The van der Waals surface area contributed by atoms with Gasteiger partial charge in [0.1, 0.15) is 12.1 Å². The van der Waals surface area contributed by atoms with Crippen LogP contribution in [0, 0.1) is 17.8 Å². The number of hydrogen-bond acceptors (Lipinski definition) is 7. The molecule has 5 N–H and O–H groups in total. The first-order valence-electron chi connectivity index (χ1n) is 13.4. The van der Waals surface area contributed by atoms with E-state index in [1.165, 1.54) is 4.90 Å². The third-order valence-corrected chi connectivity index (χ3v) is 8.23. The molecule has 2 heterocycles. The van der Waals surface area contributed by atoms with Crippen LogP contribution in [0.3, 0.4) is 0 Å². The molecule has 1 aromatic heterocycles. The van der Waals surface area contributed by atoms with Crippen molar-refractivity contribution >= 4 is 29.1 Å². The lowest BCUT2D eigenvalue weighted by molar-refractivity contribution is -0.144. The molecule has 1 saturated heterocycles. The Morgan fingerprint density at radius 2 is 1.79 bits per heavy atom. The number of nitrogens with two attached hydrogens (primary N) is 1. The Kier molecular flexibility index (Phi) is 9.56. The Morgan fingerprint density at radius 3 is 2.33 bits per heavy atom. The van der Waals surface area contributed by atoms with Gasteiger partial charge in [0.2, 0.25) is 17.7 Å². The lowest BCUT2D eigenvalue weighted by atomic mass is 9.84. The lowest BCUT2D eigenvalue weighted by Gasteiger charge is -2.36. The van der Waals surface area contributed by atoms with Crippen molar-refractivity contribution in [3.63, 3.8) is 0 Å². The average Bonchev–Trinajstić information content (AvgIpc) is 3.46. The molecule has 1 aliphatic rings. The highest BCUT2D eigenvalue weighted by atomic mass is 32.1. The van der Waals surface area contributed by atoms with E-state index in [9.17, 15) is 19.5 Å². The van der Waals surface area contributed by atoms with Crippen LogP contribution in [0.15, 0.2) is 29.8 Å². The molecule has 9 nitrogen and oxygen atoms in total. The van der Waals surface area contributed by atoms with Gasteiger partial charge in [0.05, 0.1) is 28.2 Å². The van der Waals surface area contributed by atoms with E-state index < -0.39 is 29.0 Å². The minimum absolute atomic E-state index is 0.0327. The fraction of sp³-hybridized carbons (Fsp3) is 0.586. The van der Waals surface area contributed by atoms with Crippen molar-refractivity contribution in [1.29, 1.82) is 0 Å². The summed E-state index contributed by atoms with van der Waals surface area (Å²) in [5.41, 5.74) is 9.56. The molecule has 2 aromatic rings. The molecule has 0 unspecified atom stereocenters. The Bertz CT molecular complexity index is 1170. The van der Waals surface area contributed by atoms with Crippen molar-refractivity contribution in [3.05, 3.63) is 41.0 Å². The number of likely N-dealkylation sites (tertiary alicyclic amines) is 1. The SMILES string of the molecule is Cc1ncsc1-c1ccc([C@H](C)NC(=O)[C@@H]2C[C@@H](O)CN2C(=O)[C@@H](NC(=O)CC(C)(C)CN)C(C)(C)C)cc1. The standard InChI is InChI=1S/C29H43N5O4S/c1-17(19-8-10-20(11-9-19)24-18(2)31-16-39-24)32-26(37)22-12-21(35)14-34(22)27(38)25(28(3,4)5)33-23(36)13-29(6,7)15-30/h8-11,16-17,21-22,25,35H,12-15,30H2,1-7H3,(H,32,37)(H,33,36)/t17-,21+,22-,25+/m0/s1. The number of aryl methyl sites for hydroxylation is 1. The Hall–Kier alpha value is -2.82. The normalized spacial score (nSPS) is 19.5. The monoisotopic (exact) mass is 557 g/mol. The first-order chi connectivity index (χ1) is 18.1. The number of β-amino-alcohol motifs (C(OH)–C–C–N with tert-alkyl or cyclic N) is 1. The van der Waals surface area contributed by atoms with Gasteiger partial charge in [-0.3, -0.25) is 14.4 Å². The molecule has 1 aromatic carbocycles. The number of rotatable bonds is 9. The quantitative estimate of drug-likeness (QED) is 0.374. The predicted octanol–water partition coefficient (Wildman–Crippen LogP) is 3.16. The summed E-state index contributed by atoms with van der Waals surface area (Å²) in [6.07, 6.45) is -0.511. The third-order valence-electron chi connectivity index (χ3n) is 7.25. The highest BCUT2D eigenvalue weighted by molar-refractivity contribution is 7.13. The van der Waals surface area contributed by atoms with Crippen molar-refractivity contribution in [2.24, 2.45) is 16.6 Å². The number of thiazole rings is 1. The van der Waals surface area contributed by atoms with E-state index in [2.05, 4.69) is 15.6 Å². The molecule has 1 fully saturated rings. The number of carbonyl (C=O) groups excluding carboxylic acids is 3. The second-order valence-corrected chi connectivity index (χ2v) is 13.3. The largest absolute Gasteiger partial charge is 0.391 e. The zero-order valence-corrected chi connectivity index (χ0v) is 24.9. The second-order valence-electron chi connectivity index (χ2n) is 12.4. The predicted molar refractivity (Wildman–Crippen MR) is 154 cm³/mol. The summed E-state index contributed by atoms with van der Waals surface area (Å²) in [6.45, 7) is 13.6. The summed E-state index contributed by atoms with van der Waals surface area (Å²) >= 11 is 1.58. The second kappa shape index (κ2) is 12.1. The van der Waals surface area contributed by atoms with Crippen molar-refractivity contribution in [2.45, 2.75) is 85.5 Å². The van der Waals surface area contributed by atoms with Crippen molar-refractivity contribution < 1.29 is 19.5 Å². The topological polar surface area (TPSA) is 138 Å². The van der Waals surface area contributed by atoms with E-state index in [1.54, 1.807) is 11.3 Å². The van der Waals surface area contributed by atoms with Crippen LogP contribution in [0.2, 0.25) is 0 Å². The Morgan fingerprint density at radius 1 is 1.15 bits per heavy atom. The number of hydrogen-bond donors (Lipinski definition) is 4. The number of benzene rings is 1. The summed E-state index contributed by atoms with van der Waals surface area (Å²) in [7, 11) is 0. The molecule has 214 valence electrons. The highest BCUT2D eigenvalue weighted by Gasteiger charge is 2.44. The van der Waals surface area contributed by atoms with Crippen molar-refractivity contribution in [2.75, 3.05) is 13.1 Å². The summed E-state index contributed by atoms with van der Waals surface area (Å²) < 4.78 is 0. The average molecular weight is 558 g/mol. The molecule has 0 saturated carbocycles. The van der Waals surface area contributed by atoms with E-state index >= 15 is 0 Å². The number of carbonyl (C=O) groups is 3. The van der Waals surface area contributed by atoms with Gasteiger partial charge in [-0.25, -0.2) is 4.98 Å². The minimum atomic E-state index is -0.862. The molecule has 0 radical (unpaired) electrons. The first-order valence-corrected chi connectivity index (χ1v) is 14.3. The molecule has 3 amide bonds. The van der Waals surface area contributed by atoms with Crippen LogP contribution in [0.5, 0.6) is 0 Å². The molecule has 0 aliphatic carbocycles. The number of aliphatic hydroxyl groups is 1. The van der Waals surface area contributed by atoms with Gasteiger partial charge in [0, 0.05) is 19.4 Å². The summed E-state index contributed by atoms with van der Waals surface area (Å²) in [6, 6.07) is 5.96. The smallest absolute Gasteiger partial charge is 0.246 e. The van der Waals surface area contributed by atoms with Crippen LogP contribution >= 0.6 is 11.3 Å². The molecule has 0 spiro atoms. The summed E-state index contributed by atoms with van der Waals surface area (Å²) in [5, 5.41) is 16.3. The maximum absolute atomic E-state index is 13.7. The number of nitrogens with zero attached hydrogens (tertiary/aromatic N) is 2. The fourth-order valence-electron chi connectivity index (χ4n) is 4.73. The molecule has 0 bridgehead atoms. The van der Waals surface area contributed by atoms with Gasteiger partial charge >= 0.3 is 0 Å². The zero-order chi connectivity index (χ0) is 29.1. The molecular weight excluding hydrogens is 514 g/mol. The van der Waals surface area contributed by atoms with Gasteiger partial charge in [0.25, 0.3) is 0 Å². The van der Waals surface area contributed by atoms with Crippen LogP contribution in [0.25, 0.3) is 10.4 Å². The lowest BCUT2D eigenvalue weighted by Crippen LogP contribution is -2.58. The van der Waals surface area contributed by atoms with E-state index in [4.69, 9.17) is 5.73 Å². The van der Waals surface area contributed by atoms with Gasteiger partial charge in [-0.15, -0.1) is 11.3 Å². The first kappa shape index (κ1) is 30.7. The Labute approximate surface area is 235 Å². The minimum Gasteiger partial charge on any atom is -0.391 e. The van der Waals surface area contributed by atoms with E-state index in [1.807, 2.05) is 78.2 Å². The van der Waals surface area contributed by atoms with Crippen molar-refractivity contribution in [1.82, 2.24) is 20.5 Å². The van der Waals surface area contributed by atoms with E-state index in [0.717, 1.165) is 21.7 Å². The van der Waals surface area contributed by atoms with Crippen molar-refractivity contribution in [3.8, 4) is 10.4 Å². The van der Waals surface area contributed by atoms with Gasteiger partial charge in [-0.2, -0.15) is 0 Å². The summed E-state index contributed by atoms with van der Waals surface area (Å²) in [5.74, 6) is -0.988. The number of aliphatic hydroxyl groups excluding tert-OH is 1. The number of nitrogens with one attached hydrogen (secondary N) is 2. The van der Waals surface area contributed by atoms with Crippen LogP contribution in [0.1, 0.15) is 71.7 Å². The highest BCUT2D eigenvalue weighted by Crippen LogP contribution is 2.30. The molecular formula is C29H43N5O4S. The van der Waals surface area contributed by atoms with E-state index in [0.29, 0.717) is 6.54 Å². The van der Waals surface area contributed by atoms with Crippen LogP contribution in [0.4, 0.5) is 0 Å². The van der Waals surface area contributed by atoms with Gasteiger partial charge in [0.15, 0.2) is 0 Å².